The maximum Gasteiger partial charge on any atom is 0.137 e. The van der Waals surface area contributed by atoms with Crippen LogP contribution in [-0.4, -0.2) is 34.9 Å². The first-order valence-corrected chi connectivity index (χ1v) is 5.84. The molecule has 2 aromatic heterocycles. The predicted octanol–water partition coefficient (Wildman–Crippen LogP) is 1.51. The maximum atomic E-state index is 6.24. The van der Waals surface area contributed by atoms with Crippen LogP contribution >= 0.6 is 0 Å². The Morgan fingerprint density at radius 1 is 1.41 bits per heavy atom. The van der Waals surface area contributed by atoms with Crippen LogP contribution in [0.25, 0.3) is 5.65 Å². The largest absolute Gasteiger partial charge is 0.322 e. The molecule has 2 heterocycles. The van der Waals surface area contributed by atoms with E-state index in [0.717, 1.165) is 23.6 Å². The number of rotatable bonds is 3. The lowest BCUT2D eigenvalue weighted by molar-refractivity contribution is 0.372. The molecule has 0 fully saturated rings. The summed E-state index contributed by atoms with van der Waals surface area (Å²) in [7, 11) is 4.06. The van der Waals surface area contributed by atoms with Crippen LogP contribution in [0, 0.1) is 13.8 Å². The number of pyridine rings is 1. The molecule has 4 nitrogen and oxygen atoms in total. The molecular weight excluding hydrogens is 212 g/mol. The van der Waals surface area contributed by atoms with E-state index in [1.165, 1.54) is 5.56 Å². The molecule has 2 rings (SSSR count). The van der Waals surface area contributed by atoms with E-state index in [0.29, 0.717) is 0 Å². The molecule has 0 spiro atoms. The van der Waals surface area contributed by atoms with Gasteiger partial charge >= 0.3 is 0 Å². The van der Waals surface area contributed by atoms with Gasteiger partial charge in [0.1, 0.15) is 5.65 Å². The van der Waals surface area contributed by atoms with Crippen LogP contribution in [0.2, 0.25) is 0 Å². The average Bonchev–Trinajstić information content (AvgIpc) is 2.51. The van der Waals surface area contributed by atoms with Crippen LogP contribution in [0.3, 0.4) is 0 Å². The molecule has 0 aliphatic heterocycles. The summed E-state index contributed by atoms with van der Waals surface area (Å²) < 4.78 is 2.09. The van der Waals surface area contributed by atoms with Crippen molar-refractivity contribution in [3.63, 3.8) is 0 Å². The van der Waals surface area contributed by atoms with E-state index < -0.39 is 0 Å². The number of nitrogens with two attached hydrogens (primary N) is 1. The van der Waals surface area contributed by atoms with Gasteiger partial charge in [0, 0.05) is 12.7 Å². The minimum Gasteiger partial charge on any atom is -0.322 e. The minimum absolute atomic E-state index is 0.0114. The Kier molecular flexibility index (Phi) is 3.17. The molecule has 0 aromatic carbocycles. The molecule has 4 heteroatoms. The summed E-state index contributed by atoms with van der Waals surface area (Å²) >= 11 is 0. The minimum atomic E-state index is -0.0114. The van der Waals surface area contributed by atoms with Gasteiger partial charge in [-0.15, -0.1) is 0 Å². The van der Waals surface area contributed by atoms with Gasteiger partial charge in [-0.25, -0.2) is 4.98 Å². The van der Waals surface area contributed by atoms with Crippen molar-refractivity contribution < 1.29 is 0 Å². The van der Waals surface area contributed by atoms with E-state index in [4.69, 9.17) is 5.73 Å². The second-order valence-corrected chi connectivity index (χ2v) is 4.88. The highest BCUT2D eigenvalue weighted by Crippen LogP contribution is 2.19. The maximum absolute atomic E-state index is 6.24. The number of aryl methyl sites for hydroxylation is 2. The Morgan fingerprint density at radius 2 is 2.12 bits per heavy atom. The first-order chi connectivity index (χ1) is 7.99. The van der Waals surface area contributed by atoms with Gasteiger partial charge in [0.2, 0.25) is 0 Å². The molecule has 2 aromatic rings. The summed E-state index contributed by atoms with van der Waals surface area (Å²) in [5, 5.41) is 0. The molecule has 92 valence electrons. The van der Waals surface area contributed by atoms with Gasteiger partial charge in [0.25, 0.3) is 0 Å². The van der Waals surface area contributed by atoms with Crippen LogP contribution < -0.4 is 5.73 Å². The van der Waals surface area contributed by atoms with Crippen molar-refractivity contribution in [2.24, 2.45) is 5.73 Å². The lowest BCUT2D eigenvalue weighted by atomic mass is 10.2. The van der Waals surface area contributed by atoms with Crippen LogP contribution in [0.15, 0.2) is 18.3 Å². The standard InChI is InChI=1S/C13H20N4/c1-9-5-6-17-12(7-9)15-10(2)13(17)11(14)8-16(3)4/h5-7,11H,8,14H2,1-4H3. The predicted molar refractivity (Wildman–Crippen MR) is 70.1 cm³/mol. The Morgan fingerprint density at radius 3 is 2.76 bits per heavy atom. The van der Waals surface area contributed by atoms with E-state index in [9.17, 15) is 0 Å². The van der Waals surface area contributed by atoms with E-state index in [-0.39, 0.29) is 6.04 Å². The molecule has 0 saturated heterocycles. The van der Waals surface area contributed by atoms with Crippen molar-refractivity contribution in [3.05, 3.63) is 35.3 Å². The van der Waals surface area contributed by atoms with Gasteiger partial charge < -0.3 is 15.0 Å². The summed E-state index contributed by atoms with van der Waals surface area (Å²) in [4.78, 5) is 6.66. The third-order valence-corrected chi connectivity index (χ3v) is 2.92. The lowest BCUT2D eigenvalue weighted by Crippen LogP contribution is -2.27. The van der Waals surface area contributed by atoms with E-state index in [1.54, 1.807) is 0 Å². The van der Waals surface area contributed by atoms with Crippen molar-refractivity contribution in [1.82, 2.24) is 14.3 Å². The quantitative estimate of drug-likeness (QED) is 0.872. The van der Waals surface area contributed by atoms with Crippen LogP contribution in [0.1, 0.15) is 23.0 Å². The molecule has 0 radical (unpaired) electrons. The SMILES string of the molecule is Cc1ccn2c(C(N)CN(C)C)c(C)nc2c1. The number of fused-ring (bicyclic) bond motifs is 1. The monoisotopic (exact) mass is 232 g/mol. The van der Waals surface area contributed by atoms with Crippen LogP contribution in [0.4, 0.5) is 0 Å². The number of aromatic nitrogens is 2. The Hall–Kier alpha value is -1.39. The zero-order valence-corrected chi connectivity index (χ0v) is 10.9. The highest BCUT2D eigenvalue weighted by atomic mass is 15.1. The molecule has 0 bridgehead atoms. The highest BCUT2D eigenvalue weighted by molar-refractivity contribution is 5.46. The summed E-state index contributed by atoms with van der Waals surface area (Å²) in [6.45, 7) is 4.92. The number of hydrogen-bond donors (Lipinski definition) is 1. The second-order valence-electron chi connectivity index (χ2n) is 4.88. The van der Waals surface area contributed by atoms with Gasteiger partial charge in [0.15, 0.2) is 0 Å². The number of likely N-dealkylation sites (N-methyl/N-ethyl adjacent to an activating group) is 1. The van der Waals surface area contributed by atoms with Crippen molar-refractivity contribution in [2.45, 2.75) is 19.9 Å². The van der Waals surface area contributed by atoms with Gasteiger partial charge in [0.05, 0.1) is 17.4 Å². The Bertz CT molecular complexity index is 527. The summed E-state index contributed by atoms with van der Waals surface area (Å²) in [5.74, 6) is 0. The third kappa shape index (κ3) is 2.33. The normalized spacial score (nSPS) is 13.5. The van der Waals surface area contributed by atoms with Gasteiger partial charge in [-0.05, 0) is 45.6 Å². The van der Waals surface area contributed by atoms with Crippen LogP contribution in [0.5, 0.6) is 0 Å². The molecule has 2 N–H and O–H groups in total. The van der Waals surface area contributed by atoms with Crippen molar-refractivity contribution >= 4 is 5.65 Å². The van der Waals surface area contributed by atoms with E-state index in [1.807, 2.05) is 21.0 Å². The molecule has 0 aliphatic rings. The molecule has 0 aliphatic carbocycles. The van der Waals surface area contributed by atoms with Crippen LogP contribution in [-0.2, 0) is 0 Å². The Labute approximate surface area is 102 Å². The summed E-state index contributed by atoms with van der Waals surface area (Å²) in [5.41, 5.74) is 10.6. The fraction of sp³-hybridized carbons (Fsp3) is 0.462. The number of nitrogens with zero attached hydrogens (tertiary/aromatic N) is 3. The van der Waals surface area contributed by atoms with Crippen molar-refractivity contribution in [3.8, 4) is 0 Å². The van der Waals surface area contributed by atoms with E-state index >= 15 is 0 Å². The van der Waals surface area contributed by atoms with Crippen molar-refractivity contribution in [2.75, 3.05) is 20.6 Å². The molecular formula is C13H20N4. The van der Waals surface area contributed by atoms with Gasteiger partial charge in [-0.3, -0.25) is 0 Å². The number of imidazole rings is 1. The fourth-order valence-electron chi connectivity index (χ4n) is 2.21. The lowest BCUT2D eigenvalue weighted by Gasteiger charge is -2.17. The topological polar surface area (TPSA) is 46.6 Å². The summed E-state index contributed by atoms with van der Waals surface area (Å²) in [6.07, 6.45) is 2.05. The first-order valence-electron chi connectivity index (χ1n) is 5.84. The molecule has 0 amide bonds. The van der Waals surface area contributed by atoms with Gasteiger partial charge in [-0.1, -0.05) is 0 Å². The fourth-order valence-corrected chi connectivity index (χ4v) is 2.21. The molecule has 0 saturated carbocycles. The first kappa shape index (κ1) is 12.1. The highest BCUT2D eigenvalue weighted by Gasteiger charge is 2.16. The number of hydrogen-bond acceptors (Lipinski definition) is 3. The van der Waals surface area contributed by atoms with Crippen molar-refractivity contribution in [1.29, 1.82) is 0 Å². The average molecular weight is 232 g/mol. The smallest absolute Gasteiger partial charge is 0.137 e. The summed E-state index contributed by atoms with van der Waals surface area (Å²) in [6, 6.07) is 4.15. The zero-order valence-electron chi connectivity index (χ0n) is 10.9. The molecule has 1 unspecified atom stereocenters. The van der Waals surface area contributed by atoms with E-state index in [2.05, 4.69) is 39.5 Å². The zero-order chi connectivity index (χ0) is 12.6. The molecule has 1 atom stereocenters. The third-order valence-electron chi connectivity index (χ3n) is 2.92. The Balaban J connectivity index is 2.49. The second kappa shape index (κ2) is 4.47. The van der Waals surface area contributed by atoms with Gasteiger partial charge in [-0.2, -0.15) is 0 Å². The molecule has 17 heavy (non-hydrogen) atoms.